The number of carbonyl (C=O) groups excluding carboxylic acids is 2. The fourth-order valence-electron chi connectivity index (χ4n) is 1.94. The standard InChI is InChI=1S/C15H13BrN2O3S/c1-3-21-15(20)12(8-17)14-18(13(19)9(2)22-14)11-6-4-10(16)5-7-11/h4-7,9H,3H2,1-2H3/b14-12+/t9-/m0/s1. The first-order valence-corrected chi connectivity index (χ1v) is 8.24. The van der Waals surface area contributed by atoms with Gasteiger partial charge in [-0.2, -0.15) is 5.26 Å². The molecule has 1 aromatic rings. The van der Waals surface area contributed by atoms with Crippen molar-refractivity contribution in [2.75, 3.05) is 11.5 Å². The number of benzene rings is 1. The summed E-state index contributed by atoms with van der Waals surface area (Å²) in [5.41, 5.74) is 0.463. The molecule has 0 saturated carbocycles. The van der Waals surface area contributed by atoms with E-state index >= 15 is 0 Å². The van der Waals surface area contributed by atoms with E-state index in [0.717, 1.165) is 4.47 Å². The number of thioether (sulfide) groups is 1. The van der Waals surface area contributed by atoms with Crippen LogP contribution in [0.3, 0.4) is 0 Å². The summed E-state index contributed by atoms with van der Waals surface area (Å²) < 4.78 is 5.78. The van der Waals surface area contributed by atoms with Gasteiger partial charge in [-0.05, 0) is 38.1 Å². The van der Waals surface area contributed by atoms with Crippen LogP contribution in [0.2, 0.25) is 0 Å². The molecule has 7 heteroatoms. The van der Waals surface area contributed by atoms with Gasteiger partial charge in [-0.1, -0.05) is 27.7 Å². The molecule has 2 rings (SSSR count). The van der Waals surface area contributed by atoms with Crippen molar-refractivity contribution in [1.29, 1.82) is 5.26 Å². The molecule has 0 bridgehead atoms. The number of anilines is 1. The number of carbonyl (C=O) groups is 2. The van der Waals surface area contributed by atoms with E-state index in [0.29, 0.717) is 10.7 Å². The van der Waals surface area contributed by atoms with Gasteiger partial charge in [0.25, 0.3) is 0 Å². The summed E-state index contributed by atoms with van der Waals surface area (Å²) in [6.07, 6.45) is 0. The number of nitriles is 1. The topological polar surface area (TPSA) is 70.4 Å². The third kappa shape index (κ3) is 3.18. The van der Waals surface area contributed by atoms with Crippen LogP contribution < -0.4 is 4.90 Å². The van der Waals surface area contributed by atoms with Crippen LogP contribution in [0.5, 0.6) is 0 Å². The number of esters is 1. The molecule has 0 aliphatic carbocycles. The quantitative estimate of drug-likeness (QED) is 0.457. The van der Waals surface area contributed by atoms with Gasteiger partial charge in [-0.25, -0.2) is 4.79 Å². The molecule has 1 fully saturated rings. The summed E-state index contributed by atoms with van der Waals surface area (Å²) in [5, 5.41) is 9.25. The zero-order valence-electron chi connectivity index (χ0n) is 12.0. The van der Waals surface area contributed by atoms with Crippen molar-refractivity contribution in [3.8, 4) is 6.07 Å². The molecule has 1 saturated heterocycles. The fraction of sp³-hybridized carbons (Fsp3) is 0.267. The van der Waals surface area contributed by atoms with Gasteiger partial charge >= 0.3 is 5.97 Å². The summed E-state index contributed by atoms with van der Waals surface area (Å²) in [4.78, 5) is 25.7. The summed E-state index contributed by atoms with van der Waals surface area (Å²) in [6, 6.07) is 8.96. The summed E-state index contributed by atoms with van der Waals surface area (Å²) >= 11 is 4.52. The van der Waals surface area contributed by atoms with Crippen LogP contribution in [-0.4, -0.2) is 23.7 Å². The van der Waals surface area contributed by atoms with Gasteiger partial charge in [0.1, 0.15) is 11.1 Å². The maximum absolute atomic E-state index is 12.4. The Labute approximate surface area is 141 Å². The van der Waals surface area contributed by atoms with E-state index in [4.69, 9.17) is 4.74 Å². The van der Waals surface area contributed by atoms with Crippen LogP contribution in [0, 0.1) is 11.3 Å². The zero-order chi connectivity index (χ0) is 16.3. The first-order valence-electron chi connectivity index (χ1n) is 6.57. The third-order valence-electron chi connectivity index (χ3n) is 2.95. The van der Waals surface area contributed by atoms with Crippen molar-refractivity contribution < 1.29 is 14.3 Å². The van der Waals surface area contributed by atoms with Gasteiger partial charge < -0.3 is 4.74 Å². The van der Waals surface area contributed by atoms with Crippen molar-refractivity contribution in [1.82, 2.24) is 0 Å². The minimum atomic E-state index is -0.712. The Morgan fingerprint density at radius 3 is 2.64 bits per heavy atom. The van der Waals surface area contributed by atoms with E-state index in [2.05, 4.69) is 15.9 Å². The number of hydrogen-bond acceptors (Lipinski definition) is 5. The molecular formula is C15H13BrN2O3S. The molecule has 0 N–H and O–H groups in total. The number of ether oxygens (including phenoxy) is 1. The smallest absolute Gasteiger partial charge is 0.351 e. The summed E-state index contributed by atoms with van der Waals surface area (Å²) in [5.74, 6) is -0.879. The lowest BCUT2D eigenvalue weighted by molar-refractivity contribution is -0.138. The van der Waals surface area contributed by atoms with Crippen molar-refractivity contribution in [3.05, 3.63) is 39.3 Å². The molecule has 1 heterocycles. The van der Waals surface area contributed by atoms with Crippen LogP contribution in [0.1, 0.15) is 13.8 Å². The average Bonchev–Trinajstić information content (AvgIpc) is 2.77. The normalized spacial score (nSPS) is 19.8. The molecule has 0 spiro atoms. The number of amides is 1. The molecule has 114 valence electrons. The summed E-state index contributed by atoms with van der Waals surface area (Å²) in [7, 11) is 0. The number of rotatable bonds is 3. The SMILES string of the molecule is CCOC(=O)/C(C#N)=C1/S[C@@H](C)C(=O)N1c1ccc(Br)cc1. The summed E-state index contributed by atoms with van der Waals surface area (Å²) in [6.45, 7) is 3.58. The highest BCUT2D eigenvalue weighted by Crippen LogP contribution is 2.40. The molecule has 1 amide bonds. The second-order valence-electron chi connectivity index (χ2n) is 4.42. The average molecular weight is 381 g/mol. The molecule has 1 aliphatic rings. The Hall–Kier alpha value is -1.78. The number of hydrogen-bond donors (Lipinski definition) is 0. The van der Waals surface area contributed by atoms with Gasteiger partial charge in [0.2, 0.25) is 5.91 Å². The van der Waals surface area contributed by atoms with E-state index in [1.54, 1.807) is 38.1 Å². The molecule has 0 aromatic heterocycles. The van der Waals surface area contributed by atoms with E-state index in [9.17, 15) is 14.9 Å². The minimum absolute atomic E-state index is 0.146. The molecule has 1 atom stereocenters. The maximum atomic E-state index is 12.4. The van der Waals surface area contributed by atoms with Crippen LogP contribution in [0.4, 0.5) is 5.69 Å². The molecule has 22 heavy (non-hydrogen) atoms. The van der Waals surface area contributed by atoms with Gasteiger partial charge in [-0.15, -0.1) is 0 Å². The van der Waals surface area contributed by atoms with Crippen LogP contribution >= 0.6 is 27.7 Å². The van der Waals surface area contributed by atoms with Crippen molar-refractivity contribution in [3.63, 3.8) is 0 Å². The van der Waals surface area contributed by atoms with Gasteiger partial charge in [-0.3, -0.25) is 9.69 Å². The highest BCUT2D eigenvalue weighted by atomic mass is 79.9. The highest BCUT2D eigenvalue weighted by Gasteiger charge is 2.38. The maximum Gasteiger partial charge on any atom is 0.351 e. The lowest BCUT2D eigenvalue weighted by atomic mass is 10.2. The fourth-order valence-corrected chi connectivity index (χ4v) is 3.29. The first-order chi connectivity index (χ1) is 10.5. The number of nitrogens with zero attached hydrogens (tertiary/aromatic N) is 2. The molecular weight excluding hydrogens is 368 g/mol. The van der Waals surface area contributed by atoms with Crippen molar-refractivity contribution >= 4 is 45.3 Å². The van der Waals surface area contributed by atoms with Crippen molar-refractivity contribution in [2.24, 2.45) is 0 Å². The molecule has 5 nitrogen and oxygen atoms in total. The minimum Gasteiger partial charge on any atom is -0.462 e. The molecule has 1 aromatic carbocycles. The predicted molar refractivity (Wildman–Crippen MR) is 88.0 cm³/mol. The van der Waals surface area contributed by atoms with Gasteiger partial charge in [0.05, 0.1) is 11.9 Å². The van der Waals surface area contributed by atoms with Crippen LogP contribution in [-0.2, 0) is 14.3 Å². The predicted octanol–water partition coefficient (Wildman–Crippen LogP) is 3.22. The lowest BCUT2D eigenvalue weighted by Crippen LogP contribution is -2.28. The van der Waals surface area contributed by atoms with E-state index in [1.165, 1.54) is 16.7 Å². The van der Waals surface area contributed by atoms with E-state index in [1.807, 2.05) is 6.07 Å². The van der Waals surface area contributed by atoms with Crippen LogP contribution in [0.25, 0.3) is 0 Å². The molecule has 0 radical (unpaired) electrons. The molecule has 1 aliphatic heterocycles. The monoisotopic (exact) mass is 380 g/mol. The Morgan fingerprint density at radius 2 is 2.09 bits per heavy atom. The van der Waals surface area contributed by atoms with Gasteiger partial charge in [0, 0.05) is 10.2 Å². The zero-order valence-corrected chi connectivity index (χ0v) is 14.4. The van der Waals surface area contributed by atoms with Crippen molar-refractivity contribution in [2.45, 2.75) is 19.1 Å². The number of halogens is 1. The largest absolute Gasteiger partial charge is 0.462 e. The second-order valence-corrected chi connectivity index (χ2v) is 6.67. The third-order valence-corrected chi connectivity index (χ3v) is 4.64. The van der Waals surface area contributed by atoms with E-state index in [-0.39, 0.29) is 23.3 Å². The Morgan fingerprint density at radius 1 is 1.45 bits per heavy atom. The Bertz CT molecular complexity index is 679. The highest BCUT2D eigenvalue weighted by molar-refractivity contribution is 9.10. The first kappa shape index (κ1) is 16.6. The van der Waals surface area contributed by atoms with Gasteiger partial charge in [0.15, 0.2) is 5.57 Å². The Balaban J connectivity index is 2.52. The van der Waals surface area contributed by atoms with E-state index < -0.39 is 5.97 Å². The Kier molecular flexibility index (Phi) is 5.27. The van der Waals surface area contributed by atoms with Crippen LogP contribution in [0.15, 0.2) is 39.3 Å². The lowest BCUT2D eigenvalue weighted by Gasteiger charge is -2.18. The molecule has 0 unspecified atom stereocenters. The second kappa shape index (κ2) is 6.99.